The van der Waals surface area contributed by atoms with Crippen LogP contribution in [0, 0.1) is 0 Å². The van der Waals surface area contributed by atoms with Crippen LogP contribution in [0.2, 0.25) is 0 Å². The van der Waals surface area contributed by atoms with Crippen molar-refractivity contribution in [3.05, 3.63) is 78.8 Å². The first-order chi connectivity index (χ1) is 12.2. The number of fused-ring (bicyclic) bond motifs is 1. The Labute approximate surface area is 143 Å². The zero-order valence-electron chi connectivity index (χ0n) is 13.3. The number of H-pyrrole nitrogens is 1. The Hall–Kier alpha value is -3.67. The first-order valence-electron chi connectivity index (χ1n) is 7.77. The number of pyridine rings is 1. The maximum absolute atomic E-state index is 13.3. The molecule has 0 unspecified atom stereocenters. The minimum atomic E-state index is -0.241. The summed E-state index contributed by atoms with van der Waals surface area (Å²) in [5.74, 6) is -0.241. The quantitative estimate of drug-likeness (QED) is 0.563. The maximum atomic E-state index is 13.3. The van der Waals surface area contributed by atoms with Gasteiger partial charge in [0.15, 0.2) is 5.69 Å². The summed E-state index contributed by atoms with van der Waals surface area (Å²) in [4.78, 5) is 19.0. The molecular weight excluding hydrogens is 314 g/mol. The lowest BCUT2D eigenvalue weighted by molar-refractivity contribution is 0.0996. The molecule has 0 bridgehead atoms. The minimum absolute atomic E-state index is 0.241. The minimum Gasteiger partial charge on any atom is -0.399 e. The van der Waals surface area contributed by atoms with E-state index in [1.807, 2.05) is 42.5 Å². The number of aromatic amines is 1. The monoisotopic (exact) mass is 329 g/mol. The predicted molar refractivity (Wildman–Crippen MR) is 97.7 cm³/mol. The highest BCUT2D eigenvalue weighted by molar-refractivity contribution is 6.15. The fraction of sp³-hybridized carbons (Fsp3) is 0. The van der Waals surface area contributed by atoms with Crippen LogP contribution >= 0.6 is 0 Å². The molecule has 3 N–H and O–H groups in total. The van der Waals surface area contributed by atoms with E-state index in [-0.39, 0.29) is 5.91 Å². The second kappa shape index (κ2) is 6.09. The molecule has 1 amide bonds. The van der Waals surface area contributed by atoms with Crippen molar-refractivity contribution in [2.45, 2.75) is 0 Å². The molecule has 6 nitrogen and oxygen atoms in total. The molecule has 4 rings (SSSR count). The number of amides is 1. The van der Waals surface area contributed by atoms with Gasteiger partial charge in [0, 0.05) is 29.5 Å². The summed E-state index contributed by atoms with van der Waals surface area (Å²) < 4.78 is 0. The number of para-hydroxylation sites is 1. The van der Waals surface area contributed by atoms with Crippen molar-refractivity contribution >= 4 is 33.9 Å². The van der Waals surface area contributed by atoms with Crippen LogP contribution in [0.5, 0.6) is 0 Å². The molecule has 0 radical (unpaired) electrons. The van der Waals surface area contributed by atoms with E-state index in [2.05, 4.69) is 15.2 Å². The van der Waals surface area contributed by atoms with Crippen LogP contribution in [-0.2, 0) is 0 Å². The average Bonchev–Trinajstić information content (AvgIpc) is 3.08. The van der Waals surface area contributed by atoms with Crippen LogP contribution < -0.4 is 10.6 Å². The summed E-state index contributed by atoms with van der Waals surface area (Å²) in [6.07, 6.45) is 3.29. The SMILES string of the molecule is Nc1ccc(N(C(=O)c2n[nH]c3ccncc23)c2ccccc2)cc1. The van der Waals surface area contributed by atoms with Gasteiger partial charge in [-0.2, -0.15) is 5.10 Å². The molecule has 0 aliphatic carbocycles. The van der Waals surface area contributed by atoms with Gasteiger partial charge in [0.1, 0.15) is 0 Å². The Kier molecular flexibility index (Phi) is 3.63. The number of carbonyl (C=O) groups is 1. The van der Waals surface area contributed by atoms with Crippen molar-refractivity contribution in [3.63, 3.8) is 0 Å². The number of nitrogens with zero attached hydrogens (tertiary/aromatic N) is 3. The molecule has 0 saturated carbocycles. The molecule has 2 aromatic heterocycles. The number of carbonyl (C=O) groups excluding carboxylic acids is 1. The summed E-state index contributed by atoms with van der Waals surface area (Å²) in [6.45, 7) is 0. The predicted octanol–water partition coefficient (Wildman–Crippen LogP) is 3.52. The maximum Gasteiger partial charge on any atom is 0.284 e. The zero-order chi connectivity index (χ0) is 17.2. The first-order valence-corrected chi connectivity index (χ1v) is 7.77. The first kappa shape index (κ1) is 14.9. The van der Waals surface area contributed by atoms with E-state index in [0.29, 0.717) is 22.5 Å². The lowest BCUT2D eigenvalue weighted by Crippen LogP contribution is -2.26. The van der Waals surface area contributed by atoms with E-state index >= 15 is 0 Å². The third kappa shape index (κ3) is 2.70. The van der Waals surface area contributed by atoms with Gasteiger partial charge in [-0.1, -0.05) is 18.2 Å². The van der Waals surface area contributed by atoms with Crippen LogP contribution in [0.4, 0.5) is 17.1 Å². The van der Waals surface area contributed by atoms with Gasteiger partial charge in [0.05, 0.1) is 10.9 Å². The molecule has 2 aromatic carbocycles. The van der Waals surface area contributed by atoms with Gasteiger partial charge in [-0.05, 0) is 42.5 Å². The number of nitrogen functional groups attached to an aromatic ring is 1. The molecule has 0 aliphatic rings. The topological polar surface area (TPSA) is 87.9 Å². The number of nitrogens with two attached hydrogens (primary N) is 1. The van der Waals surface area contributed by atoms with Crippen LogP contribution in [-0.4, -0.2) is 21.1 Å². The summed E-state index contributed by atoms with van der Waals surface area (Å²) in [5.41, 5.74) is 8.97. The fourth-order valence-corrected chi connectivity index (χ4v) is 2.71. The highest BCUT2D eigenvalue weighted by Crippen LogP contribution is 2.29. The number of hydrogen-bond acceptors (Lipinski definition) is 4. The number of benzene rings is 2. The molecule has 0 spiro atoms. The third-order valence-electron chi connectivity index (χ3n) is 3.94. The molecule has 6 heteroatoms. The molecule has 0 atom stereocenters. The second-order valence-electron chi connectivity index (χ2n) is 5.56. The van der Waals surface area contributed by atoms with Gasteiger partial charge < -0.3 is 5.73 Å². The van der Waals surface area contributed by atoms with Gasteiger partial charge in [-0.25, -0.2) is 0 Å². The van der Waals surface area contributed by atoms with Crippen molar-refractivity contribution in [1.82, 2.24) is 15.2 Å². The van der Waals surface area contributed by atoms with Crippen LogP contribution in [0.25, 0.3) is 10.9 Å². The van der Waals surface area contributed by atoms with Crippen LogP contribution in [0.3, 0.4) is 0 Å². The number of anilines is 3. The Bertz CT molecular complexity index is 1020. The molecule has 0 aliphatic heterocycles. The number of rotatable bonds is 3. The Morgan fingerprint density at radius 3 is 2.44 bits per heavy atom. The van der Waals surface area contributed by atoms with Crippen molar-refractivity contribution in [2.75, 3.05) is 10.6 Å². The molecule has 122 valence electrons. The molecule has 25 heavy (non-hydrogen) atoms. The fourth-order valence-electron chi connectivity index (χ4n) is 2.71. The van der Waals surface area contributed by atoms with Crippen LogP contribution in [0.15, 0.2) is 73.1 Å². The van der Waals surface area contributed by atoms with E-state index < -0.39 is 0 Å². The van der Waals surface area contributed by atoms with Crippen LogP contribution in [0.1, 0.15) is 10.5 Å². The van der Waals surface area contributed by atoms with E-state index in [0.717, 1.165) is 11.2 Å². The lowest BCUT2D eigenvalue weighted by atomic mass is 10.2. The Morgan fingerprint density at radius 1 is 0.960 bits per heavy atom. The van der Waals surface area contributed by atoms with E-state index in [1.165, 1.54) is 0 Å². The van der Waals surface area contributed by atoms with Crippen molar-refractivity contribution < 1.29 is 4.79 Å². The molecule has 0 fully saturated rings. The molecule has 0 saturated heterocycles. The van der Waals surface area contributed by atoms with Gasteiger partial charge in [0.25, 0.3) is 5.91 Å². The smallest absolute Gasteiger partial charge is 0.284 e. The highest BCUT2D eigenvalue weighted by Gasteiger charge is 2.24. The van der Waals surface area contributed by atoms with Gasteiger partial charge in [-0.3, -0.25) is 19.8 Å². The molecule has 4 aromatic rings. The Morgan fingerprint density at radius 2 is 1.68 bits per heavy atom. The number of hydrogen-bond donors (Lipinski definition) is 2. The normalized spacial score (nSPS) is 10.7. The number of nitrogens with one attached hydrogen (secondary N) is 1. The molecular formula is C19H15N5O. The standard InChI is InChI=1S/C19H15N5O/c20-13-6-8-15(9-7-13)24(14-4-2-1-3-5-14)19(25)18-16-12-21-11-10-17(16)22-23-18/h1-12H,20H2,(H,22,23). The van der Waals surface area contributed by atoms with E-state index in [1.54, 1.807) is 35.5 Å². The summed E-state index contributed by atoms with van der Waals surface area (Å²) in [5, 5.41) is 7.77. The Balaban J connectivity index is 1.85. The summed E-state index contributed by atoms with van der Waals surface area (Å²) in [7, 11) is 0. The largest absolute Gasteiger partial charge is 0.399 e. The number of aromatic nitrogens is 3. The van der Waals surface area contributed by atoms with Crippen molar-refractivity contribution in [2.24, 2.45) is 0 Å². The van der Waals surface area contributed by atoms with Gasteiger partial charge in [-0.15, -0.1) is 0 Å². The molecule has 2 heterocycles. The third-order valence-corrected chi connectivity index (χ3v) is 3.94. The summed E-state index contributed by atoms with van der Waals surface area (Å²) >= 11 is 0. The summed E-state index contributed by atoms with van der Waals surface area (Å²) in [6, 6.07) is 18.4. The van der Waals surface area contributed by atoms with Gasteiger partial charge in [0.2, 0.25) is 0 Å². The van der Waals surface area contributed by atoms with Crippen molar-refractivity contribution in [3.8, 4) is 0 Å². The highest BCUT2D eigenvalue weighted by atomic mass is 16.2. The van der Waals surface area contributed by atoms with Crippen molar-refractivity contribution in [1.29, 1.82) is 0 Å². The lowest BCUT2D eigenvalue weighted by Gasteiger charge is -2.22. The average molecular weight is 329 g/mol. The zero-order valence-corrected chi connectivity index (χ0v) is 13.3. The second-order valence-corrected chi connectivity index (χ2v) is 5.56. The van der Waals surface area contributed by atoms with E-state index in [9.17, 15) is 4.79 Å². The van der Waals surface area contributed by atoms with E-state index in [4.69, 9.17) is 5.73 Å². The van der Waals surface area contributed by atoms with Gasteiger partial charge >= 0.3 is 0 Å².